The van der Waals surface area contributed by atoms with Crippen molar-refractivity contribution >= 4 is 28.3 Å². The van der Waals surface area contributed by atoms with E-state index in [2.05, 4.69) is 76.4 Å². The molecular formula is C16H16IN. The SMILES string of the molecule is Ic1ccc(CC2CCc3ccccc3N2)cc1. The molecule has 0 radical (unpaired) electrons. The third-order valence-electron chi connectivity index (χ3n) is 3.53. The third-order valence-corrected chi connectivity index (χ3v) is 4.25. The van der Waals surface area contributed by atoms with E-state index in [4.69, 9.17) is 0 Å². The van der Waals surface area contributed by atoms with Gasteiger partial charge in [0.1, 0.15) is 0 Å². The number of fused-ring (bicyclic) bond motifs is 1. The molecule has 1 aliphatic heterocycles. The molecule has 0 bridgehead atoms. The van der Waals surface area contributed by atoms with Crippen LogP contribution >= 0.6 is 22.6 Å². The fourth-order valence-electron chi connectivity index (χ4n) is 2.56. The summed E-state index contributed by atoms with van der Waals surface area (Å²) in [5, 5.41) is 3.66. The molecule has 0 saturated heterocycles. The standard InChI is InChI=1S/C16H16IN/c17-14-8-5-12(6-9-14)11-15-10-7-13-3-1-2-4-16(13)18-15/h1-6,8-9,15,18H,7,10-11H2. The monoisotopic (exact) mass is 349 g/mol. The number of aryl methyl sites for hydroxylation is 1. The molecule has 2 aromatic rings. The molecule has 1 aliphatic rings. The highest BCUT2D eigenvalue weighted by atomic mass is 127. The van der Waals surface area contributed by atoms with Gasteiger partial charge in [-0.15, -0.1) is 0 Å². The Kier molecular flexibility index (Phi) is 3.55. The fourth-order valence-corrected chi connectivity index (χ4v) is 2.92. The smallest absolute Gasteiger partial charge is 0.0374 e. The van der Waals surface area contributed by atoms with Crippen molar-refractivity contribution in [3.63, 3.8) is 0 Å². The van der Waals surface area contributed by atoms with Crippen molar-refractivity contribution in [1.82, 2.24) is 0 Å². The van der Waals surface area contributed by atoms with Crippen LogP contribution in [0.3, 0.4) is 0 Å². The molecule has 18 heavy (non-hydrogen) atoms. The van der Waals surface area contributed by atoms with Gasteiger partial charge in [-0.2, -0.15) is 0 Å². The zero-order valence-corrected chi connectivity index (χ0v) is 12.4. The van der Waals surface area contributed by atoms with Crippen molar-refractivity contribution in [3.8, 4) is 0 Å². The van der Waals surface area contributed by atoms with Gasteiger partial charge in [-0.25, -0.2) is 0 Å². The molecule has 1 atom stereocenters. The third kappa shape index (κ3) is 2.69. The van der Waals surface area contributed by atoms with Crippen LogP contribution < -0.4 is 5.32 Å². The minimum atomic E-state index is 0.569. The molecule has 1 unspecified atom stereocenters. The summed E-state index contributed by atoms with van der Waals surface area (Å²) < 4.78 is 1.30. The van der Waals surface area contributed by atoms with E-state index in [0.29, 0.717) is 6.04 Å². The molecule has 0 aromatic heterocycles. The van der Waals surface area contributed by atoms with Gasteiger partial charge in [-0.3, -0.25) is 0 Å². The molecular weight excluding hydrogens is 333 g/mol. The maximum absolute atomic E-state index is 3.66. The predicted molar refractivity (Wildman–Crippen MR) is 85.0 cm³/mol. The molecule has 0 spiro atoms. The minimum Gasteiger partial charge on any atom is -0.382 e. The number of para-hydroxylation sites is 1. The summed E-state index contributed by atoms with van der Waals surface area (Å²) in [6, 6.07) is 18.1. The summed E-state index contributed by atoms with van der Waals surface area (Å²) in [7, 11) is 0. The molecule has 2 aromatic carbocycles. The summed E-state index contributed by atoms with van der Waals surface area (Å²) in [5.74, 6) is 0. The predicted octanol–water partition coefficient (Wildman–Crippen LogP) is 4.26. The average molecular weight is 349 g/mol. The Hall–Kier alpha value is -1.03. The van der Waals surface area contributed by atoms with E-state index < -0.39 is 0 Å². The Morgan fingerprint density at radius 3 is 2.67 bits per heavy atom. The van der Waals surface area contributed by atoms with Crippen LogP contribution in [-0.2, 0) is 12.8 Å². The van der Waals surface area contributed by atoms with Crippen LogP contribution in [0.1, 0.15) is 17.5 Å². The van der Waals surface area contributed by atoms with E-state index in [-0.39, 0.29) is 0 Å². The maximum Gasteiger partial charge on any atom is 0.0374 e. The van der Waals surface area contributed by atoms with Crippen LogP contribution in [0, 0.1) is 3.57 Å². The van der Waals surface area contributed by atoms with Crippen LogP contribution in [0.5, 0.6) is 0 Å². The highest BCUT2D eigenvalue weighted by Crippen LogP contribution is 2.25. The van der Waals surface area contributed by atoms with Crippen molar-refractivity contribution in [2.45, 2.75) is 25.3 Å². The van der Waals surface area contributed by atoms with Gasteiger partial charge in [0.15, 0.2) is 0 Å². The van der Waals surface area contributed by atoms with Gasteiger partial charge in [-0.05, 0) is 71.2 Å². The number of anilines is 1. The van der Waals surface area contributed by atoms with E-state index in [1.165, 1.54) is 33.2 Å². The van der Waals surface area contributed by atoms with Crippen LogP contribution in [0.4, 0.5) is 5.69 Å². The summed E-state index contributed by atoms with van der Waals surface area (Å²) >= 11 is 2.35. The first-order valence-corrected chi connectivity index (χ1v) is 7.48. The lowest BCUT2D eigenvalue weighted by molar-refractivity contribution is 0.628. The van der Waals surface area contributed by atoms with Gasteiger partial charge in [0.25, 0.3) is 0 Å². The quantitative estimate of drug-likeness (QED) is 0.799. The van der Waals surface area contributed by atoms with E-state index in [1.807, 2.05) is 0 Å². The minimum absolute atomic E-state index is 0.569. The highest BCUT2D eigenvalue weighted by Gasteiger charge is 2.17. The Morgan fingerprint density at radius 2 is 1.83 bits per heavy atom. The lowest BCUT2D eigenvalue weighted by atomic mass is 9.94. The summed E-state index contributed by atoms with van der Waals surface area (Å²) in [5.41, 5.74) is 4.20. The zero-order valence-electron chi connectivity index (χ0n) is 10.2. The van der Waals surface area contributed by atoms with E-state index in [1.54, 1.807) is 0 Å². The lowest BCUT2D eigenvalue weighted by Gasteiger charge is -2.27. The normalized spacial score (nSPS) is 17.9. The van der Waals surface area contributed by atoms with E-state index >= 15 is 0 Å². The second-order valence-electron chi connectivity index (χ2n) is 4.87. The van der Waals surface area contributed by atoms with Crippen LogP contribution in [0.2, 0.25) is 0 Å². The van der Waals surface area contributed by atoms with Gasteiger partial charge in [0.2, 0.25) is 0 Å². The van der Waals surface area contributed by atoms with Crippen molar-refractivity contribution < 1.29 is 0 Å². The van der Waals surface area contributed by atoms with Crippen molar-refractivity contribution in [2.24, 2.45) is 0 Å². The first-order chi connectivity index (χ1) is 8.81. The van der Waals surface area contributed by atoms with Crippen LogP contribution in [0.15, 0.2) is 48.5 Å². The van der Waals surface area contributed by atoms with Gasteiger partial charge < -0.3 is 5.32 Å². The average Bonchev–Trinajstić information content (AvgIpc) is 2.41. The number of halogens is 1. The molecule has 3 rings (SSSR count). The number of rotatable bonds is 2. The van der Waals surface area contributed by atoms with Gasteiger partial charge >= 0.3 is 0 Å². The molecule has 0 aliphatic carbocycles. The summed E-state index contributed by atoms with van der Waals surface area (Å²) in [6.45, 7) is 0. The van der Waals surface area contributed by atoms with Crippen molar-refractivity contribution in [1.29, 1.82) is 0 Å². The van der Waals surface area contributed by atoms with E-state index in [0.717, 1.165) is 6.42 Å². The summed E-state index contributed by atoms with van der Waals surface area (Å²) in [6.07, 6.45) is 3.53. The summed E-state index contributed by atoms with van der Waals surface area (Å²) in [4.78, 5) is 0. The number of hydrogen-bond donors (Lipinski definition) is 1. The lowest BCUT2D eigenvalue weighted by Crippen LogP contribution is -2.27. The number of nitrogens with one attached hydrogen (secondary N) is 1. The van der Waals surface area contributed by atoms with Crippen molar-refractivity contribution in [3.05, 3.63) is 63.2 Å². The molecule has 2 heteroatoms. The van der Waals surface area contributed by atoms with E-state index in [9.17, 15) is 0 Å². The fraction of sp³-hybridized carbons (Fsp3) is 0.250. The first kappa shape index (κ1) is 12.0. The van der Waals surface area contributed by atoms with Gasteiger partial charge in [0.05, 0.1) is 0 Å². The Bertz CT molecular complexity index is 533. The highest BCUT2D eigenvalue weighted by molar-refractivity contribution is 14.1. The Labute approximate surface area is 122 Å². The molecule has 0 fully saturated rings. The van der Waals surface area contributed by atoms with Crippen LogP contribution in [0.25, 0.3) is 0 Å². The Balaban J connectivity index is 1.71. The number of benzene rings is 2. The molecule has 1 N–H and O–H groups in total. The second-order valence-corrected chi connectivity index (χ2v) is 6.11. The molecule has 92 valence electrons. The van der Waals surface area contributed by atoms with Crippen LogP contribution in [-0.4, -0.2) is 6.04 Å². The molecule has 0 amide bonds. The number of hydrogen-bond acceptors (Lipinski definition) is 1. The topological polar surface area (TPSA) is 12.0 Å². The molecule has 1 heterocycles. The largest absolute Gasteiger partial charge is 0.382 e. The van der Waals surface area contributed by atoms with Gasteiger partial charge in [-0.1, -0.05) is 30.3 Å². The maximum atomic E-state index is 3.66. The van der Waals surface area contributed by atoms with Crippen molar-refractivity contribution in [2.75, 3.05) is 5.32 Å². The zero-order chi connectivity index (χ0) is 12.4. The Morgan fingerprint density at radius 1 is 1.06 bits per heavy atom. The molecule has 1 nitrogen and oxygen atoms in total. The second kappa shape index (κ2) is 5.31. The van der Waals surface area contributed by atoms with Gasteiger partial charge in [0, 0.05) is 15.3 Å². The first-order valence-electron chi connectivity index (χ1n) is 6.40. The molecule has 0 saturated carbocycles.